The molecule has 1 fully saturated rings. The first kappa shape index (κ1) is 16.7. The van der Waals surface area contributed by atoms with Gasteiger partial charge in [0.15, 0.2) is 0 Å². The molecule has 1 aliphatic carbocycles. The third-order valence-corrected chi connectivity index (χ3v) is 3.29. The van der Waals surface area contributed by atoms with Crippen LogP contribution in [0.4, 0.5) is 4.79 Å². The molecule has 7 heteroatoms. The van der Waals surface area contributed by atoms with Crippen LogP contribution in [0.2, 0.25) is 0 Å². The summed E-state index contributed by atoms with van der Waals surface area (Å²) in [5, 5.41) is 2.65. The van der Waals surface area contributed by atoms with Gasteiger partial charge in [-0.25, -0.2) is 15.5 Å². The monoisotopic (exact) mass is 288 g/mol. The molecule has 3 N–H and O–H groups in total. The zero-order valence-corrected chi connectivity index (χ0v) is 12.5. The Balaban J connectivity index is 2.76. The Hall–Kier alpha value is -1.34. The maximum Gasteiger partial charge on any atom is 0.408 e. The first-order valence-electron chi connectivity index (χ1n) is 6.67. The average Bonchev–Trinajstić information content (AvgIpc) is 2.36. The van der Waals surface area contributed by atoms with E-state index in [-0.39, 0.29) is 6.10 Å². The number of nitrogens with two attached hydrogens (primary N) is 1. The Kier molecular flexibility index (Phi) is 5.35. The van der Waals surface area contributed by atoms with Gasteiger partial charge in [0.1, 0.15) is 11.1 Å². The third kappa shape index (κ3) is 4.35. The van der Waals surface area contributed by atoms with E-state index in [0.717, 1.165) is 0 Å². The molecule has 1 rings (SSSR count). The lowest BCUT2D eigenvalue weighted by Gasteiger charge is -2.37. The normalized spacial score (nSPS) is 26.8. The Morgan fingerprint density at radius 3 is 2.20 bits per heavy atom. The minimum absolute atomic E-state index is 0.104. The lowest BCUT2D eigenvalue weighted by atomic mass is 9.80. The SMILES string of the molecule is COC(=O)C1(NC(=O)OC(C)(C)C)CCC(ON)CC1. The van der Waals surface area contributed by atoms with Crippen LogP contribution in [-0.4, -0.2) is 36.4 Å². The van der Waals surface area contributed by atoms with Gasteiger partial charge >= 0.3 is 12.1 Å². The van der Waals surface area contributed by atoms with Crippen molar-refractivity contribution < 1.29 is 23.9 Å². The molecule has 20 heavy (non-hydrogen) atoms. The molecule has 0 radical (unpaired) electrons. The van der Waals surface area contributed by atoms with Crippen molar-refractivity contribution in [3.63, 3.8) is 0 Å². The van der Waals surface area contributed by atoms with Gasteiger partial charge in [-0.15, -0.1) is 0 Å². The van der Waals surface area contributed by atoms with Gasteiger partial charge in [0.05, 0.1) is 13.2 Å². The number of rotatable bonds is 3. The van der Waals surface area contributed by atoms with Gasteiger partial charge in [-0.05, 0) is 46.5 Å². The molecule has 0 atom stereocenters. The van der Waals surface area contributed by atoms with E-state index >= 15 is 0 Å². The number of nitrogens with one attached hydrogen (secondary N) is 1. The maximum absolute atomic E-state index is 12.0. The maximum atomic E-state index is 12.0. The van der Waals surface area contributed by atoms with E-state index in [1.807, 2.05) is 0 Å². The summed E-state index contributed by atoms with van der Waals surface area (Å²) in [6, 6.07) is 0. The molecule has 0 bridgehead atoms. The van der Waals surface area contributed by atoms with Gasteiger partial charge in [-0.2, -0.15) is 0 Å². The van der Waals surface area contributed by atoms with Crippen LogP contribution in [0.25, 0.3) is 0 Å². The second-order valence-electron chi connectivity index (χ2n) is 6.04. The Morgan fingerprint density at radius 1 is 1.25 bits per heavy atom. The summed E-state index contributed by atoms with van der Waals surface area (Å²) in [5.74, 6) is 4.68. The topological polar surface area (TPSA) is 99.9 Å². The van der Waals surface area contributed by atoms with E-state index in [9.17, 15) is 9.59 Å². The number of hydrogen-bond donors (Lipinski definition) is 2. The van der Waals surface area contributed by atoms with Crippen molar-refractivity contribution in [3.05, 3.63) is 0 Å². The van der Waals surface area contributed by atoms with Crippen LogP contribution >= 0.6 is 0 Å². The van der Waals surface area contributed by atoms with Gasteiger partial charge in [0.2, 0.25) is 0 Å². The van der Waals surface area contributed by atoms with Crippen molar-refractivity contribution in [3.8, 4) is 0 Å². The first-order valence-corrected chi connectivity index (χ1v) is 6.67. The molecule has 0 heterocycles. The van der Waals surface area contributed by atoms with E-state index in [1.165, 1.54) is 7.11 Å². The smallest absolute Gasteiger partial charge is 0.408 e. The Bertz CT molecular complexity index is 356. The molecule has 0 aliphatic heterocycles. The summed E-state index contributed by atoms with van der Waals surface area (Å²) in [6.45, 7) is 5.28. The van der Waals surface area contributed by atoms with E-state index in [2.05, 4.69) is 5.32 Å². The molecular formula is C13H24N2O5. The highest BCUT2D eigenvalue weighted by atomic mass is 16.6. The Morgan fingerprint density at radius 2 is 1.80 bits per heavy atom. The molecule has 1 amide bonds. The number of ether oxygens (including phenoxy) is 2. The van der Waals surface area contributed by atoms with Crippen LogP contribution < -0.4 is 11.2 Å². The molecule has 0 aromatic rings. The van der Waals surface area contributed by atoms with Crippen molar-refractivity contribution in [2.24, 2.45) is 5.90 Å². The van der Waals surface area contributed by atoms with Crippen LogP contribution in [0.15, 0.2) is 0 Å². The molecule has 116 valence electrons. The highest BCUT2D eigenvalue weighted by Gasteiger charge is 2.45. The fourth-order valence-corrected chi connectivity index (χ4v) is 2.29. The summed E-state index contributed by atoms with van der Waals surface area (Å²) < 4.78 is 10.0. The Labute approximate surface area is 119 Å². The lowest BCUT2D eigenvalue weighted by molar-refractivity contribution is -0.151. The van der Waals surface area contributed by atoms with Gasteiger partial charge in [-0.1, -0.05) is 0 Å². The number of carbonyl (C=O) groups is 2. The molecule has 0 spiro atoms. The molecule has 1 saturated carbocycles. The second kappa shape index (κ2) is 6.41. The lowest BCUT2D eigenvalue weighted by Crippen LogP contribution is -2.58. The van der Waals surface area contributed by atoms with E-state index in [1.54, 1.807) is 20.8 Å². The fourth-order valence-electron chi connectivity index (χ4n) is 2.29. The third-order valence-electron chi connectivity index (χ3n) is 3.29. The van der Waals surface area contributed by atoms with Crippen LogP contribution in [0.1, 0.15) is 46.5 Å². The molecule has 0 aromatic carbocycles. The van der Waals surface area contributed by atoms with Crippen molar-refractivity contribution >= 4 is 12.1 Å². The number of amides is 1. The second-order valence-corrected chi connectivity index (χ2v) is 6.04. The highest BCUT2D eigenvalue weighted by Crippen LogP contribution is 2.31. The molecule has 0 saturated heterocycles. The number of methoxy groups -OCH3 is 1. The molecule has 7 nitrogen and oxygen atoms in total. The summed E-state index contributed by atoms with van der Waals surface area (Å²) in [7, 11) is 1.30. The van der Waals surface area contributed by atoms with E-state index in [0.29, 0.717) is 25.7 Å². The van der Waals surface area contributed by atoms with Crippen LogP contribution in [0.3, 0.4) is 0 Å². The summed E-state index contributed by atoms with van der Waals surface area (Å²) >= 11 is 0. The summed E-state index contributed by atoms with van der Waals surface area (Å²) in [5.41, 5.74) is -1.69. The van der Waals surface area contributed by atoms with Crippen molar-refractivity contribution in [1.82, 2.24) is 5.32 Å². The molecule has 0 aromatic heterocycles. The largest absolute Gasteiger partial charge is 0.467 e. The fraction of sp³-hybridized carbons (Fsp3) is 0.846. The van der Waals surface area contributed by atoms with Gasteiger partial charge in [0.25, 0.3) is 0 Å². The van der Waals surface area contributed by atoms with Crippen molar-refractivity contribution in [2.45, 2.75) is 63.7 Å². The summed E-state index contributed by atoms with van der Waals surface area (Å²) in [6.07, 6.45) is 1.22. The van der Waals surface area contributed by atoms with Gasteiger partial charge < -0.3 is 19.6 Å². The number of hydrogen-bond acceptors (Lipinski definition) is 6. The van der Waals surface area contributed by atoms with Crippen LogP contribution in [0, 0.1) is 0 Å². The number of esters is 1. The van der Waals surface area contributed by atoms with Crippen molar-refractivity contribution in [2.75, 3.05) is 7.11 Å². The zero-order chi connectivity index (χ0) is 15.4. The minimum atomic E-state index is -1.06. The quantitative estimate of drug-likeness (QED) is 0.599. The number of alkyl carbamates (subject to hydrolysis) is 1. The predicted molar refractivity (Wildman–Crippen MR) is 71.6 cm³/mol. The van der Waals surface area contributed by atoms with E-state index < -0.39 is 23.2 Å². The predicted octanol–water partition coefficient (Wildman–Crippen LogP) is 1.26. The van der Waals surface area contributed by atoms with Gasteiger partial charge in [-0.3, -0.25) is 0 Å². The average molecular weight is 288 g/mol. The van der Waals surface area contributed by atoms with Crippen molar-refractivity contribution in [1.29, 1.82) is 0 Å². The van der Waals surface area contributed by atoms with Crippen LogP contribution in [0.5, 0.6) is 0 Å². The summed E-state index contributed by atoms with van der Waals surface area (Å²) in [4.78, 5) is 28.7. The first-order chi connectivity index (χ1) is 9.22. The minimum Gasteiger partial charge on any atom is -0.467 e. The van der Waals surface area contributed by atoms with Crippen LogP contribution in [-0.2, 0) is 19.1 Å². The molecule has 1 aliphatic rings. The standard InChI is InChI=1S/C13H24N2O5/c1-12(2,3)19-11(17)15-13(10(16)18-4)7-5-9(20-14)6-8-13/h9H,5-8,14H2,1-4H3,(H,15,17). The molecular weight excluding hydrogens is 264 g/mol. The van der Waals surface area contributed by atoms with E-state index in [4.69, 9.17) is 20.2 Å². The van der Waals surface area contributed by atoms with Gasteiger partial charge in [0, 0.05) is 0 Å². The number of carbonyl (C=O) groups excluding carboxylic acids is 2. The highest BCUT2D eigenvalue weighted by molar-refractivity contribution is 5.86. The molecule has 0 unspecified atom stereocenters. The zero-order valence-electron chi connectivity index (χ0n) is 12.5.